The van der Waals surface area contributed by atoms with Gasteiger partial charge >= 0.3 is 0 Å². The lowest BCUT2D eigenvalue weighted by molar-refractivity contribution is -0.122. The second kappa shape index (κ2) is 7.62. The molecule has 1 aliphatic carbocycles. The maximum Gasteiger partial charge on any atom is 0.229 e. The van der Waals surface area contributed by atoms with Crippen molar-refractivity contribution in [3.63, 3.8) is 0 Å². The van der Waals surface area contributed by atoms with Gasteiger partial charge in [-0.3, -0.25) is 9.59 Å². The third kappa shape index (κ3) is 4.81. The van der Waals surface area contributed by atoms with E-state index < -0.39 is 0 Å². The zero-order valence-corrected chi connectivity index (χ0v) is 14.7. The van der Waals surface area contributed by atoms with E-state index in [0.29, 0.717) is 18.9 Å². The largest absolute Gasteiger partial charge is 0.353 e. The number of anilines is 1. The van der Waals surface area contributed by atoms with Crippen LogP contribution in [0.4, 0.5) is 5.69 Å². The summed E-state index contributed by atoms with van der Waals surface area (Å²) in [5, 5.41) is 3.01. The highest BCUT2D eigenvalue weighted by Gasteiger charge is 2.23. The average Bonchev–Trinajstić information content (AvgIpc) is 3.35. The number of amides is 2. The molecule has 2 rings (SSSR count). The molecule has 126 valence electrons. The second-order valence-electron chi connectivity index (χ2n) is 6.67. The Morgan fingerprint density at radius 1 is 1.35 bits per heavy atom. The molecule has 1 aromatic carbocycles. The van der Waals surface area contributed by atoms with Gasteiger partial charge in [-0.05, 0) is 49.8 Å². The molecule has 0 aliphatic heterocycles. The Kier molecular flexibility index (Phi) is 5.80. The Labute approximate surface area is 139 Å². The monoisotopic (exact) mass is 316 g/mol. The van der Waals surface area contributed by atoms with Gasteiger partial charge in [0.25, 0.3) is 0 Å². The van der Waals surface area contributed by atoms with Crippen molar-refractivity contribution in [1.82, 2.24) is 5.32 Å². The van der Waals surface area contributed by atoms with Crippen LogP contribution in [0.5, 0.6) is 0 Å². The predicted molar refractivity (Wildman–Crippen MR) is 93.5 cm³/mol. The summed E-state index contributed by atoms with van der Waals surface area (Å²) in [5.74, 6) is 0.283. The molecule has 1 fully saturated rings. The smallest absolute Gasteiger partial charge is 0.229 e. The van der Waals surface area contributed by atoms with Gasteiger partial charge in [-0.15, -0.1) is 0 Å². The van der Waals surface area contributed by atoms with Crippen LogP contribution in [0.1, 0.15) is 50.7 Å². The molecule has 1 aliphatic rings. The van der Waals surface area contributed by atoms with E-state index in [-0.39, 0.29) is 17.7 Å². The van der Waals surface area contributed by atoms with Crippen molar-refractivity contribution < 1.29 is 9.59 Å². The number of carbonyl (C=O) groups is 2. The fraction of sp³-hybridized carbons (Fsp3) is 0.579. The van der Waals surface area contributed by atoms with Gasteiger partial charge in [0.2, 0.25) is 11.8 Å². The van der Waals surface area contributed by atoms with Crippen LogP contribution < -0.4 is 10.2 Å². The summed E-state index contributed by atoms with van der Waals surface area (Å²) < 4.78 is 0. The van der Waals surface area contributed by atoms with Crippen molar-refractivity contribution in [3.8, 4) is 0 Å². The highest BCUT2D eigenvalue weighted by atomic mass is 16.2. The Hall–Kier alpha value is -1.84. The van der Waals surface area contributed by atoms with Gasteiger partial charge in [0, 0.05) is 31.1 Å². The van der Waals surface area contributed by atoms with Gasteiger partial charge in [-0.25, -0.2) is 0 Å². The number of hydrogen-bond donors (Lipinski definition) is 1. The first-order chi connectivity index (χ1) is 10.9. The lowest BCUT2D eigenvalue weighted by Crippen LogP contribution is -2.31. The molecule has 0 aromatic heterocycles. The summed E-state index contributed by atoms with van der Waals surface area (Å²) >= 11 is 0. The number of benzene rings is 1. The third-order valence-corrected chi connectivity index (χ3v) is 4.58. The molecule has 23 heavy (non-hydrogen) atoms. The van der Waals surface area contributed by atoms with E-state index in [2.05, 4.69) is 5.32 Å². The normalized spacial score (nSPS) is 15.1. The number of rotatable bonds is 7. The summed E-state index contributed by atoms with van der Waals surface area (Å²) in [7, 11) is 1.83. The first-order valence-corrected chi connectivity index (χ1v) is 8.58. The minimum Gasteiger partial charge on any atom is -0.353 e. The lowest BCUT2D eigenvalue weighted by atomic mass is 10.0. The fourth-order valence-corrected chi connectivity index (χ4v) is 2.58. The van der Waals surface area contributed by atoms with Crippen molar-refractivity contribution in [2.45, 2.75) is 58.9 Å². The molecule has 0 bridgehead atoms. The Morgan fingerprint density at radius 3 is 2.65 bits per heavy atom. The molecule has 1 aromatic rings. The summed E-state index contributed by atoms with van der Waals surface area (Å²) in [4.78, 5) is 26.0. The van der Waals surface area contributed by atoms with E-state index in [0.717, 1.165) is 36.1 Å². The molecule has 0 unspecified atom stereocenters. The standard InChI is InChI=1S/C19H28N2O2/c1-5-13(2)19(23)21(4)17-12-15(7-6-14(17)3)8-11-18(22)20-16-9-10-16/h6-7,12-13,16H,5,8-11H2,1-4H3,(H,20,22)/t13-/m0/s1. The maximum absolute atomic E-state index is 12.4. The molecule has 1 saturated carbocycles. The predicted octanol–water partition coefficient (Wildman–Crippen LogP) is 3.22. The average molecular weight is 316 g/mol. The van der Waals surface area contributed by atoms with E-state index in [9.17, 15) is 9.59 Å². The fourth-order valence-electron chi connectivity index (χ4n) is 2.58. The molecule has 1 N–H and O–H groups in total. The van der Waals surface area contributed by atoms with E-state index in [1.54, 1.807) is 4.90 Å². The van der Waals surface area contributed by atoms with Crippen LogP contribution >= 0.6 is 0 Å². The number of aryl methyl sites for hydroxylation is 2. The minimum absolute atomic E-state index is 0.0207. The Bertz CT molecular complexity index is 579. The van der Waals surface area contributed by atoms with Crippen LogP contribution in [0.15, 0.2) is 18.2 Å². The van der Waals surface area contributed by atoms with Crippen LogP contribution in [-0.2, 0) is 16.0 Å². The summed E-state index contributed by atoms with van der Waals surface area (Å²) in [6.45, 7) is 6.00. The molecule has 4 nitrogen and oxygen atoms in total. The molecule has 0 saturated heterocycles. The van der Waals surface area contributed by atoms with E-state index >= 15 is 0 Å². The van der Waals surface area contributed by atoms with Crippen LogP contribution in [0.3, 0.4) is 0 Å². The number of carbonyl (C=O) groups excluding carboxylic acids is 2. The van der Waals surface area contributed by atoms with Crippen LogP contribution in [0, 0.1) is 12.8 Å². The minimum atomic E-state index is 0.0207. The van der Waals surface area contributed by atoms with Crippen molar-refractivity contribution in [2.75, 3.05) is 11.9 Å². The van der Waals surface area contributed by atoms with Gasteiger partial charge in [0.1, 0.15) is 0 Å². The lowest BCUT2D eigenvalue weighted by Gasteiger charge is -2.23. The molecular formula is C19H28N2O2. The van der Waals surface area contributed by atoms with E-state index in [1.165, 1.54) is 0 Å². The molecule has 0 spiro atoms. The molecular weight excluding hydrogens is 288 g/mol. The van der Waals surface area contributed by atoms with Crippen LogP contribution in [-0.4, -0.2) is 24.9 Å². The van der Waals surface area contributed by atoms with E-state index in [1.807, 2.05) is 46.0 Å². The Morgan fingerprint density at radius 2 is 2.04 bits per heavy atom. The summed E-state index contributed by atoms with van der Waals surface area (Å²) in [6.07, 6.45) is 4.27. The molecule has 2 amide bonds. The number of nitrogens with zero attached hydrogens (tertiary/aromatic N) is 1. The first-order valence-electron chi connectivity index (χ1n) is 8.58. The topological polar surface area (TPSA) is 49.4 Å². The quantitative estimate of drug-likeness (QED) is 0.839. The zero-order valence-electron chi connectivity index (χ0n) is 14.7. The zero-order chi connectivity index (χ0) is 17.0. The van der Waals surface area contributed by atoms with Crippen molar-refractivity contribution in [2.24, 2.45) is 5.92 Å². The van der Waals surface area contributed by atoms with Gasteiger partial charge in [-0.2, -0.15) is 0 Å². The molecule has 0 heterocycles. The molecule has 1 atom stereocenters. The maximum atomic E-state index is 12.4. The van der Waals surface area contributed by atoms with Gasteiger partial charge in [0.05, 0.1) is 0 Å². The van der Waals surface area contributed by atoms with E-state index in [4.69, 9.17) is 0 Å². The summed E-state index contributed by atoms with van der Waals surface area (Å²) in [5.41, 5.74) is 3.12. The SMILES string of the molecule is CC[C@H](C)C(=O)N(C)c1cc(CCC(=O)NC2CC2)ccc1C. The highest BCUT2D eigenvalue weighted by molar-refractivity contribution is 5.95. The molecule has 4 heteroatoms. The summed E-state index contributed by atoms with van der Waals surface area (Å²) in [6, 6.07) is 6.53. The van der Waals surface area contributed by atoms with Crippen molar-refractivity contribution >= 4 is 17.5 Å². The van der Waals surface area contributed by atoms with Crippen molar-refractivity contribution in [3.05, 3.63) is 29.3 Å². The van der Waals surface area contributed by atoms with Gasteiger partial charge in [-0.1, -0.05) is 26.0 Å². The third-order valence-electron chi connectivity index (χ3n) is 4.58. The second-order valence-corrected chi connectivity index (χ2v) is 6.67. The highest BCUT2D eigenvalue weighted by Crippen LogP contribution is 2.24. The molecule has 0 radical (unpaired) electrons. The van der Waals surface area contributed by atoms with Crippen molar-refractivity contribution in [1.29, 1.82) is 0 Å². The number of hydrogen-bond acceptors (Lipinski definition) is 2. The van der Waals surface area contributed by atoms with Gasteiger partial charge < -0.3 is 10.2 Å². The number of nitrogens with one attached hydrogen (secondary N) is 1. The first kappa shape index (κ1) is 17.5. The van der Waals surface area contributed by atoms with Crippen LogP contribution in [0.25, 0.3) is 0 Å². The Balaban J connectivity index is 2.02. The van der Waals surface area contributed by atoms with Gasteiger partial charge in [0.15, 0.2) is 0 Å². The van der Waals surface area contributed by atoms with Crippen LogP contribution in [0.2, 0.25) is 0 Å².